The maximum atomic E-state index is 4.55. The van der Waals surface area contributed by atoms with Crippen LogP contribution in [-0.2, 0) is 6.54 Å². The highest BCUT2D eigenvalue weighted by Gasteiger charge is 2.14. The van der Waals surface area contributed by atoms with Gasteiger partial charge < -0.3 is 5.32 Å². The first-order chi connectivity index (χ1) is 10.3. The Morgan fingerprint density at radius 3 is 2.67 bits per heavy atom. The van der Waals surface area contributed by atoms with Crippen molar-refractivity contribution in [1.82, 2.24) is 15.1 Å². The molecule has 3 aromatic rings. The van der Waals surface area contributed by atoms with Crippen LogP contribution in [0.2, 0.25) is 0 Å². The molecule has 0 saturated carbocycles. The van der Waals surface area contributed by atoms with Crippen LogP contribution in [0.4, 0.5) is 0 Å². The van der Waals surface area contributed by atoms with Crippen molar-refractivity contribution in [2.45, 2.75) is 26.4 Å². The van der Waals surface area contributed by atoms with E-state index in [4.69, 9.17) is 0 Å². The Labute approximate surface area is 125 Å². The molecule has 1 aromatic heterocycles. The van der Waals surface area contributed by atoms with Crippen LogP contribution in [0.1, 0.15) is 24.1 Å². The lowest BCUT2D eigenvalue weighted by atomic mass is 10.0. The fourth-order valence-corrected chi connectivity index (χ4v) is 2.84. The van der Waals surface area contributed by atoms with Crippen molar-refractivity contribution < 1.29 is 0 Å². The first-order valence-corrected chi connectivity index (χ1v) is 7.49. The fraction of sp³-hybridized carbons (Fsp3) is 0.278. The SMILES string of the molecule is CCNC(Cn1ncc2ccccc21)c1ccccc1C. The van der Waals surface area contributed by atoms with Crippen molar-refractivity contribution in [2.75, 3.05) is 6.54 Å². The van der Waals surface area contributed by atoms with E-state index in [1.807, 2.05) is 6.20 Å². The number of para-hydroxylation sites is 1. The Morgan fingerprint density at radius 2 is 1.86 bits per heavy atom. The summed E-state index contributed by atoms with van der Waals surface area (Å²) in [6.07, 6.45) is 1.94. The van der Waals surface area contributed by atoms with Gasteiger partial charge in [-0.2, -0.15) is 5.10 Å². The minimum absolute atomic E-state index is 0.277. The molecule has 108 valence electrons. The van der Waals surface area contributed by atoms with Gasteiger partial charge >= 0.3 is 0 Å². The van der Waals surface area contributed by atoms with Crippen molar-refractivity contribution in [2.24, 2.45) is 0 Å². The normalized spacial score (nSPS) is 12.7. The lowest BCUT2D eigenvalue weighted by Gasteiger charge is -2.20. The van der Waals surface area contributed by atoms with Crippen LogP contribution >= 0.6 is 0 Å². The molecular formula is C18H21N3. The van der Waals surface area contributed by atoms with Crippen molar-refractivity contribution >= 4 is 10.9 Å². The Morgan fingerprint density at radius 1 is 1.10 bits per heavy atom. The van der Waals surface area contributed by atoms with Crippen LogP contribution in [0, 0.1) is 6.92 Å². The molecule has 3 nitrogen and oxygen atoms in total. The number of aromatic nitrogens is 2. The molecule has 0 aliphatic heterocycles. The number of hydrogen-bond donors (Lipinski definition) is 1. The summed E-state index contributed by atoms with van der Waals surface area (Å²) in [7, 11) is 0. The first-order valence-electron chi connectivity index (χ1n) is 7.49. The van der Waals surface area contributed by atoms with Crippen molar-refractivity contribution in [3.8, 4) is 0 Å². The third-order valence-corrected chi connectivity index (χ3v) is 3.92. The maximum Gasteiger partial charge on any atom is 0.0683 e. The lowest BCUT2D eigenvalue weighted by molar-refractivity contribution is 0.455. The number of hydrogen-bond acceptors (Lipinski definition) is 2. The molecule has 0 bridgehead atoms. The molecule has 0 aliphatic rings. The van der Waals surface area contributed by atoms with Gasteiger partial charge in [0.2, 0.25) is 0 Å². The van der Waals surface area contributed by atoms with E-state index in [0.717, 1.165) is 13.1 Å². The van der Waals surface area contributed by atoms with Gasteiger partial charge in [-0.15, -0.1) is 0 Å². The van der Waals surface area contributed by atoms with Crippen LogP contribution < -0.4 is 5.32 Å². The van der Waals surface area contributed by atoms with E-state index >= 15 is 0 Å². The van der Waals surface area contributed by atoms with E-state index < -0.39 is 0 Å². The zero-order valence-electron chi connectivity index (χ0n) is 12.6. The van der Waals surface area contributed by atoms with Gasteiger partial charge in [-0.1, -0.05) is 49.4 Å². The smallest absolute Gasteiger partial charge is 0.0683 e. The van der Waals surface area contributed by atoms with E-state index in [1.165, 1.54) is 22.0 Å². The minimum Gasteiger partial charge on any atom is -0.309 e. The summed E-state index contributed by atoms with van der Waals surface area (Å²) in [5, 5.41) is 9.32. The van der Waals surface area contributed by atoms with Gasteiger partial charge in [0.05, 0.1) is 24.3 Å². The molecule has 1 atom stereocenters. The van der Waals surface area contributed by atoms with E-state index in [2.05, 4.69) is 77.5 Å². The molecule has 0 spiro atoms. The number of aryl methyl sites for hydroxylation is 1. The molecule has 1 heterocycles. The zero-order chi connectivity index (χ0) is 14.7. The topological polar surface area (TPSA) is 29.9 Å². The van der Waals surface area contributed by atoms with E-state index in [1.54, 1.807) is 0 Å². The Balaban J connectivity index is 1.94. The summed E-state index contributed by atoms with van der Waals surface area (Å²) in [6.45, 7) is 6.09. The second-order valence-corrected chi connectivity index (χ2v) is 5.35. The predicted octanol–water partition coefficient (Wildman–Crippen LogP) is 3.70. The van der Waals surface area contributed by atoms with E-state index in [-0.39, 0.29) is 6.04 Å². The molecule has 2 aromatic carbocycles. The maximum absolute atomic E-state index is 4.55. The third-order valence-electron chi connectivity index (χ3n) is 3.92. The molecule has 0 radical (unpaired) electrons. The Hall–Kier alpha value is -2.13. The zero-order valence-corrected chi connectivity index (χ0v) is 12.6. The summed E-state index contributed by atoms with van der Waals surface area (Å²) in [5.41, 5.74) is 3.85. The van der Waals surface area contributed by atoms with Gasteiger partial charge in [-0.25, -0.2) is 0 Å². The molecule has 0 aliphatic carbocycles. The lowest BCUT2D eigenvalue weighted by Crippen LogP contribution is -2.26. The number of likely N-dealkylation sites (N-methyl/N-ethyl adjacent to an activating group) is 1. The molecule has 1 N–H and O–H groups in total. The van der Waals surface area contributed by atoms with Crippen LogP contribution in [0.3, 0.4) is 0 Å². The summed E-state index contributed by atoms with van der Waals surface area (Å²) in [5.74, 6) is 0. The Kier molecular flexibility index (Phi) is 4.02. The van der Waals surface area contributed by atoms with Crippen molar-refractivity contribution in [3.63, 3.8) is 0 Å². The number of benzene rings is 2. The first kappa shape index (κ1) is 13.8. The number of fused-ring (bicyclic) bond motifs is 1. The van der Waals surface area contributed by atoms with Crippen molar-refractivity contribution in [1.29, 1.82) is 0 Å². The largest absolute Gasteiger partial charge is 0.309 e. The molecule has 0 fully saturated rings. The van der Waals surface area contributed by atoms with Gasteiger partial charge in [0.15, 0.2) is 0 Å². The predicted molar refractivity (Wildman–Crippen MR) is 87.3 cm³/mol. The summed E-state index contributed by atoms with van der Waals surface area (Å²) >= 11 is 0. The fourth-order valence-electron chi connectivity index (χ4n) is 2.84. The van der Waals surface area contributed by atoms with Crippen LogP contribution in [0.15, 0.2) is 54.7 Å². The summed E-state index contributed by atoms with van der Waals surface area (Å²) in [6, 6.07) is 17.2. The number of rotatable bonds is 5. The monoisotopic (exact) mass is 279 g/mol. The third kappa shape index (κ3) is 2.83. The Bertz CT molecular complexity index is 730. The van der Waals surface area contributed by atoms with Gasteiger partial charge in [0, 0.05) is 5.39 Å². The average molecular weight is 279 g/mol. The standard InChI is InChI=1S/C18H21N3/c1-3-19-17(16-10-6-4-8-14(16)2)13-21-18-11-7-5-9-15(18)12-20-21/h4-12,17,19H,3,13H2,1-2H3. The summed E-state index contributed by atoms with van der Waals surface area (Å²) < 4.78 is 2.09. The molecule has 3 heteroatoms. The quantitative estimate of drug-likeness (QED) is 0.772. The van der Waals surface area contributed by atoms with Crippen LogP contribution in [-0.4, -0.2) is 16.3 Å². The van der Waals surface area contributed by atoms with Gasteiger partial charge in [-0.05, 0) is 30.7 Å². The van der Waals surface area contributed by atoms with Gasteiger partial charge in [0.25, 0.3) is 0 Å². The average Bonchev–Trinajstić information content (AvgIpc) is 2.91. The highest BCUT2D eigenvalue weighted by Crippen LogP contribution is 2.21. The molecule has 1 unspecified atom stereocenters. The molecule has 3 rings (SSSR count). The van der Waals surface area contributed by atoms with Crippen molar-refractivity contribution in [3.05, 3.63) is 65.9 Å². The highest BCUT2D eigenvalue weighted by molar-refractivity contribution is 5.78. The molecule has 21 heavy (non-hydrogen) atoms. The molecular weight excluding hydrogens is 258 g/mol. The van der Waals surface area contributed by atoms with Gasteiger partial charge in [-0.3, -0.25) is 4.68 Å². The van der Waals surface area contributed by atoms with Crippen LogP contribution in [0.25, 0.3) is 10.9 Å². The van der Waals surface area contributed by atoms with Gasteiger partial charge in [0.1, 0.15) is 0 Å². The van der Waals surface area contributed by atoms with Crippen LogP contribution in [0.5, 0.6) is 0 Å². The minimum atomic E-state index is 0.277. The molecule has 0 amide bonds. The second kappa shape index (κ2) is 6.10. The highest BCUT2D eigenvalue weighted by atomic mass is 15.3. The van der Waals surface area contributed by atoms with E-state index in [0.29, 0.717) is 0 Å². The van der Waals surface area contributed by atoms with E-state index in [9.17, 15) is 0 Å². The second-order valence-electron chi connectivity index (χ2n) is 5.35. The number of nitrogens with zero attached hydrogens (tertiary/aromatic N) is 2. The summed E-state index contributed by atoms with van der Waals surface area (Å²) in [4.78, 5) is 0. The molecule has 0 saturated heterocycles. The number of nitrogens with one attached hydrogen (secondary N) is 1.